The molecule has 94 valence electrons. The van der Waals surface area contributed by atoms with E-state index in [4.69, 9.17) is 16.6 Å². The molecule has 1 aliphatic rings. The predicted molar refractivity (Wildman–Crippen MR) is 71.6 cm³/mol. The quantitative estimate of drug-likeness (QED) is 0.575. The smallest absolute Gasteiger partial charge is 0.135 e. The first kappa shape index (κ1) is 12.8. The summed E-state index contributed by atoms with van der Waals surface area (Å²) in [5.41, 5.74) is 2.16. The molecule has 0 aliphatic heterocycles. The van der Waals surface area contributed by atoms with Crippen molar-refractivity contribution < 1.29 is 0 Å². The summed E-state index contributed by atoms with van der Waals surface area (Å²) < 4.78 is 0. The van der Waals surface area contributed by atoms with Crippen LogP contribution in [0.2, 0.25) is 5.15 Å². The molecule has 0 atom stereocenters. The lowest BCUT2D eigenvalue weighted by atomic mass is 9.99. The molecule has 0 saturated heterocycles. The molecule has 0 N–H and O–H groups in total. The lowest BCUT2D eigenvalue weighted by Gasteiger charge is -2.15. The van der Waals surface area contributed by atoms with Gasteiger partial charge in [0.2, 0.25) is 0 Å². The fourth-order valence-corrected chi connectivity index (χ4v) is 2.81. The van der Waals surface area contributed by atoms with Crippen LogP contribution in [0.15, 0.2) is 0 Å². The van der Waals surface area contributed by atoms with E-state index in [9.17, 15) is 0 Å². The van der Waals surface area contributed by atoms with Crippen molar-refractivity contribution >= 4 is 11.6 Å². The van der Waals surface area contributed by atoms with E-state index < -0.39 is 0 Å². The lowest BCUT2D eigenvalue weighted by Crippen LogP contribution is -2.08. The molecule has 1 fully saturated rings. The summed E-state index contributed by atoms with van der Waals surface area (Å²) in [5.74, 6) is 1.51. The molecule has 0 spiro atoms. The molecule has 1 aromatic heterocycles. The minimum absolute atomic E-state index is 0.529. The average molecular weight is 253 g/mol. The van der Waals surface area contributed by atoms with Gasteiger partial charge in [0, 0.05) is 17.2 Å². The van der Waals surface area contributed by atoms with Gasteiger partial charge in [0.1, 0.15) is 11.0 Å². The highest BCUT2D eigenvalue weighted by molar-refractivity contribution is 6.30. The molecule has 2 nitrogen and oxygen atoms in total. The van der Waals surface area contributed by atoms with Crippen LogP contribution in [0.3, 0.4) is 0 Å². The summed E-state index contributed by atoms with van der Waals surface area (Å²) in [5, 5.41) is 0.649. The predicted octanol–water partition coefficient (Wildman–Crippen LogP) is 4.44. The molecule has 1 aliphatic carbocycles. The summed E-state index contributed by atoms with van der Waals surface area (Å²) in [7, 11) is 0. The molecule has 0 amide bonds. The minimum atomic E-state index is 0.529. The monoisotopic (exact) mass is 252 g/mol. The SMILES string of the molecule is CCc1nc(C2CCCCCC2)nc(Cl)c1C. The Morgan fingerprint density at radius 2 is 1.76 bits per heavy atom. The summed E-state index contributed by atoms with van der Waals surface area (Å²) in [6.07, 6.45) is 8.72. The first-order chi connectivity index (χ1) is 8.22. The van der Waals surface area contributed by atoms with Crippen LogP contribution in [0.5, 0.6) is 0 Å². The van der Waals surface area contributed by atoms with Gasteiger partial charge >= 0.3 is 0 Å². The minimum Gasteiger partial charge on any atom is -0.237 e. The van der Waals surface area contributed by atoms with Crippen molar-refractivity contribution in [2.45, 2.75) is 64.7 Å². The van der Waals surface area contributed by atoms with Crippen LogP contribution in [0.4, 0.5) is 0 Å². The van der Waals surface area contributed by atoms with Gasteiger partial charge in [-0.2, -0.15) is 0 Å². The summed E-state index contributed by atoms with van der Waals surface area (Å²) in [6.45, 7) is 4.14. The van der Waals surface area contributed by atoms with E-state index >= 15 is 0 Å². The Balaban J connectivity index is 2.27. The third-order valence-corrected chi connectivity index (χ3v) is 4.13. The van der Waals surface area contributed by atoms with Crippen LogP contribution in [-0.4, -0.2) is 9.97 Å². The Hall–Kier alpha value is -0.630. The molecule has 0 bridgehead atoms. The molecule has 3 heteroatoms. The molecule has 2 rings (SSSR count). The summed E-state index contributed by atoms with van der Waals surface area (Å²) in [6, 6.07) is 0. The van der Waals surface area contributed by atoms with Gasteiger partial charge in [0.15, 0.2) is 0 Å². The third kappa shape index (κ3) is 2.98. The molecule has 1 heterocycles. The van der Waals surface area contributed by atoms with Crippen LogP contribution in [0.1, 0.15) is 68.4 Å². The Labute approximate surface area is 109 Å². The van der Waals surface area contributed by atoms with Crippen LogP contribution < -0.4 is 0 Å². The lowest BCUT2D eigenvalue weighted by molar-refractivity contribution is 0.557. The molecule has 1 saturated carbocycles. The molecular weight excluding hydrogens is 232 g/mol. The first-order valence-corrected chi connectivity index (χ1v) is 7.13. The van der Waals surface area contributed by atoms with Gasteiger partial charge in [-0.3, -0.25) is 0 Å². The standard InChI is InChI=1S/C14H21ClN2/c1-3-12-10(2)13(15)17-14(16-12)11-8-6-4-5-7-9-11/h11H,3-9H2,1-2H3. The van der Waals surface area contributed by atoms with E-state index in [-0.39, 0.29) is 0 Å². The van der Waals surface area contributed by atoms with Gasteiger partial charge < -0.3 is 0 Å². The third-order valence-electron chi connectivity index (χ3n) is 3.76. The highest BCUT2D eigenvalue weighted by Gasteiger charge is 2.19. The van der Waals surface area contributed by atoms with Crippen LogP contribution >= 0.6 is 11.6 Å². The number of halogens is 1. The average Bonchev–Trinajstić information content (AvgIpc) is 2.61. The first-order valence-electron chi connectivity index (χ1n) is 6.75. The highest BCUT2D eigenvalue weighted by atomic mass is 35.5. The zero-order valence-electron chi connectivity index (χ0n) is 10.8. The Kier molecular flexibility index (Phi) is 4.38. The Morgan fingerprint density at radius 1 is 1.12 bits per heavy atom. The number of hydrogen-bond donors (Lipinski definition) is 0. The topological polar surface area (TPSA) is 25.8 Å². The van der Waals surface area contributed by atoms with E-state index in [0.29, 0.717) is 11.1 Å². The Bertz CT molecular complexity index is 382. The molecule has 0 aromatic carbocycles. The maximum atomic E-state index is 6.21. The number of rotatable bonds is 2. The number of aromatic nitrogens is 2. The zero-order chi connectivity index (χ0) is 12.3. The van der Waals surface area contributed by atoms with Gasteiger partial charge in [0.25, 0.3) is 0 Å². The van der Waals surface area contributed by atoms with Gasteiger partial charge in [-0.05, 0) is 26.2 Å². The van der Waals surface area contributed by atoms with E-state index in [1.807, 2.05) is 6.92 Å². The molecule has 1 aromatic rings. The summed E-state index contributed by atoms with van der Waals surface area (Å²) in [4.78, 5) is 9.22. The number of nitrogens with zero attached hydrogens (tertiary/aromatic N) is 2. The van der Waals surface area contributed by atoms with Crippen molar-refractivity contribution in [2.24, 2.45) is 0 Å². The second-order valence-corrected chi connectivity index (χ2v) is 5.34. The fraction of sp³-hybridized carbons (Fsp3) is 0.714. The van der Waals surface area contributed by atoms with Crippen LogP contribution in [-0.2, 0) is 6.42 Å². The van der Waals surface area contributed by atoms with E-state index in [1.54, 1.807) is 0 Å². The summed E-state index contributed by atoms with van der Waals surface area (Å²) >= 11 is 6.21. The normalized spacial score (nSPS) is 18.1. The van der Waals surface area contributed by atoms with Crippen LogP contribution in [0.25, 0.3) is 0 Å². The zero-order valence-corrected chi connectivity index (χ0v) is 11.6. The van der Waals surface area contributed by atoms with Gasteiger partial charge in [-0.15, -0.1) is 0 Å². The van der Waals surface area contributed by atoms with Crippen molar-refractivity contribution in [3.63, 3.8) is 0 Å². The molecule has 0 unspecified atom stereocenters. The van der Waals surface area contributed by atoms with Crippen molar-refractivity contribution in [1.82, 2.24) is 9.97 Å². The van der Waals surface area contributed by atoms with E-state index in [2.05, 4.69) is 11.9 Å². The number of hydrogen-bond acceptors (Lipinski definition) is 2. The van der Waals surface area contributed by atoms with Gasteiger partial charge in [-0.25, -0.2) is 9.97 Å². The fourth-order valence-electron chi connectivity index (χ4n) is 2.61. The van der Waals surface area contributed by atoms with Gasteiger partial charge in [-0.1, -0.05) is 44.2 Å². The molecule has 17 heavy (non-hydrogen) atoms. The maximum Gasteiger partial charge on any atom is 0.135 e. The Morgan fingerprint density at radius 3 is 2.35 bits per heavy atom. The van der Waals surface area contributed by atoms with Crippen molar-refractivity contribution in [3.8, 4) is 0 Å². The van der Waals surface area contributed by atoms with Crippen molar-refractivity contribution in [2.75, 3.05) is 0 Å². The number of aryl methyl sites for hydroxylation is 1. The second-order valence-electron chi connectivity index (χ2n) is 4.99. The molecule has 0 radical (unpaired) electrons. The highest BCUT2D eigenvalue weighted by Crippen LogP contribution is 2.31. The molecular formula is C14H21ClN2. The van der Waals surface area contributed by atoms with E-state index in [0.717, 1.165) is 23.5 Å². The van der Waals surface area contributed by atoms with Crippen molar-refractivity contribution in [1.29, 1.82) is 0 Å². The largest absolute Gasteiger partial charge is 0.237 e. The van der Waals surface area contributed by atoms with Gasteiger partial charge in [0.05, 0.1) is 0 Å². The maximum absolute atomic E-state index is 6.21. The van der Waals surface area contributed by atoms with Crippen LogP contribution in [0, 0.1) is 6.92 Å². The van der Waals surface area contributed by atoms with Crippen molar-refractivity contribution in [3.05, 3.63) is 22.2 Å². The second kappa shape index (κ2) is 5.81. The van der Waals surface area contributed by atoms with E-state index in [1.165, 1.54) is 38.5 Å².